The first-order chi connectivity index (χ1) is 9.77. The number of rotatable bonds is 3. The molecule has 0 aliphatic heterocycles. The Kier molecular flexibility index (Phi) is 5.32. The van der Waals surface area contributed by atoms with Crippen LogP contribution in [-0.4, -0.2) is 5.11 Å². The Morgan fingerprint density at radius 2 is 1.71 bits per heavy atom. The van der Waals surface area contributed by atoms with Crippen LogP contribution in [-0.2, 0) is 12.6 Å². The molecule has 1 unspecified atom stereocenters. The van der Waals surface area contributed by atoms with Crippen LogP contribution in [0.4, 0.5) is 13.2 Å². The molecule has 0 radical (unpaired) electrons. The lowest BCUT2D eigenvalue weighted by molar-refractivity contribution is -0.139. The third-order valence-corrected chi connectivity index (χ3v) is 4.23. The number of alkyl halides is 3. The molecule has 0 bridgehead atoms. The van der Waals surface area contributed by atoms with Crippen molar-refractivity contribution in [1.82, 2.24) is 0 Å². The first kappa shape index (κ1) is 16.8. The van der Waals surface area contributed by atoms with Crippen LogP contribution in [0.1, 0.15) is 22.8 Å². The summed E-state index contributed by atoms with van der Waals surface area (Å²) in [4.78, 5) is 0. The monoisotopic (exact) mass is 470 g/mol. The van der Waals surface area contributed by atoms with E-state index in [1.54, 1.807) is 12.1 Å². The van der Waals surface area contributed by atoms with E-state index < -0.39 is 17.8 Å². The van der Waals surface area contributed by atoms with Crippen LogP contribution >= 0.6 is 38.5 Å². The maximum Gasteiger partial charge on any atom is 0.416 e. The topological polar surface area (TPSA) is 20.2 Å². The second-order valence-electron chi connectivity index (χ2n) is 4.58. The molecule has 0 heterocycles. The second-order valence-corrected chi connectivity index (χ2v) is 6.74. The van der Waals surface area contributed by atoms with Gasteiger partial charge in [-0.2, -0.15) is 13.2 Å². The Balaban J connectivity index is 2.30. The van der Waals surface area contributed by atoms with Gasteiger partial charge in [-0.3, -0.25) is 0 Å². The van der Waals surface area contributed by atoms with Crippen molar-refractivity contribution in [3.05, 3.63) is 67.2 Å². The summed E-state index contributed by atoms with van der Waals surface area (Å²) in [6.07, 6.45) is -5.55. The molecule has 21 heavy (non-hydrogen) atoms. The number of benzene rings is 2. The van der Waals surface area contributed by atoms with Crippen LogP contribution in [0.15, 0.2) is 46.9 Å². The third kappa shape index (κ3) is 4.43. The maximum atomic E-state index is 13.0. The lowest BCUT2D eigenvalue weighted by Crippen LogP contribution is -2.13. The van der Waals surface area contributed by atoms with Crippen molar-refractivity contribution in [1.29, 1.82) is 0 Å². The fourth-order valence-electron chi connectivity index (χ4n) is 2.02. The highest BCUT2D eigenvalue weighted by molar-refractivity contribution is 14.1. The van der Waals surface area contributed by atoms with Gasteiger partial charge in [0.05, 0.1) is 11.7 Å². The third-order valence-electron chi connectivity index (χ3n) is 3.02. The quantitative estimate of drug-likeness (QED) is 0.599. The Bertz CT molecular complexity index is 626. The maximum absolute atomic E-state index is 13.0. The van der Waals surface area contributed by atoms with Crippen LogP contribution in [0.25, 0.3) is 0 Å². The average Bonchev–Trinajstić information content (AvgIpc) is 2.40. The normalized spacial score (nSPS) is 13.2. The van der Waals surface area contributed by atoms with Gasteiger partial charge < -0.3 is 5.11 Å². The van der Waals surface area contributed by atoms with Gasteiger partial charge in [0.2, 0.25) is 0 Å². The molecule has 0 spiro atoms. The molecule has 0 amide bonds. The number of hydrogen-bond donors (Lipinski definition) is 1. The molecule has 2 rings (SSSR count). The Hall–Kier alpha value is -0.600. The summed E-state index contributed by atoms with van der Waals surface area (Å²) in [7, 11) is 0. The minimum absolute atomic E-state index is 0.107. The smallest absolute Gasteiger partial charge is 0.388 e. The second kappa shape index (κ2) is 6.66. The molecule has 0 fully saturated rings. The summed E-state index contributed by atoms with van der Waals surface area (Å²) in [5.74, 6) is 0. The van der Waals surface area contributed by atoms with Crippen LogP contribution in [0.2, 0.25) is 0 Å². The molecule has 0 aromatic heterocycles. The summed E-state index contributed by atoms with van der Waals surface area (Å²) in [5, 5.41) is 10.2. The minimum atomic E-state index is -4.49. The fraction of sp³-hybridized carbons (Fsp3) is 0.200. The van der Waals surface area contributed by atoms with Crippen molar-refractivity contribution >= 4 is 38.5 Å². The zero-order chi connectivity index (χ0) is 15.6. The van der Waals surface area contributed by atoms with Crippen LogP contribution in [0.3, 0.4) is 0 Å². The largest absolute Gasteiger partial charge is 0.416 e. The van der Waals surface area contributed by atoms with E-state index in [2.05, 4.69) is 38.5 Å². The lowest BCUT2D eigenvalue weighted by Gasteiger charge is -2.18. The first-order valence-corrected chi connectivity index (χ1v) is 7.93. The summed E-state index contributed by atoms with van der Waals surface area (Å²) >= 11 is 5.17. The molecule has 1 N–H and O–H groups in total. The minimum Gasteiger partial charge on any atom is -0.388 e. The molecule has 1 atom stereocenters. The van der Waals surface area contributed by atoms with Gasteiger partial charge in [0.1, 0.15) is 0 Å². The van der Waals surface area contributed by atoms with Crippen molar-refractivity contribution < 1.29 is 18.3 Å². The van der Waals surface area contributed by atoms with E-state index in [1.807, 2.05) is 12.1 Å². The molecular formula is C15H11BrF3IO. The molecule has 0 saturated heterocycles. The molecule has 0 aliphatic rings. The highest BCUT2D eigenvalue weighted by Gasteiger charge is 2.35. The summed E-state index contributed by atoms with van der Waals surface area (Å²) in [5.41, 5.74) is -0.127. The number of aliphatic hydroxyl groups excluding tert-OH is 1. The van der Waals surface area contributed by atoms with E-state index in [1.165, 1.54) is 12.1 Å². The molecule has 112 valence electrons. The van der Waals surface area contributed by atoms with Crippen molar-refractivity contribution in [3.8, 4) is 0 Å². The van der Waals surface area contributed by atoms with Gasteiger partial charge in [0, 0.05) is 14.5 Å². The zero-order valence-corrected chi connectivity index (χ0v) is 14.4. The van der Waals surface area contributed by atoms with E-state index in [0.29, 0.717) is 4.47 Å². The van der Waals surface area contributed by atoms with Gasteiger partial charge in [-0.1, -0.05) is 34.1 Å². The molecule has 0 saturated carbocycles. The highest BCUT2D eigenvalue weighted by atomic mass is 127. The van der Waals surface area contributed by atoms with E-state index in [9.17, 15) is 18.3 Å². The molecule has 1 nitrogen and oxygen atoms in total. The molecule has 2 aromatic carbocycles. The molecule has 0 aliphatic carbocycles. The zero-order valence-electron chi connectivity index (χ0n) is 10.7. The summed E-state index contributed by atoms with van der Waals surface area (Å²) in [6, 6.07) is 11.1. The van der Waals surface area contributed by atoms with E-state index in [0.717, 1.165) is 15.2 Å². The van der Waals surface area contributed by atoms with Gasteiger partial charge >= 0.3 is 6.18 Å². The van der Waals surface area contributed by atoms with Gasteiger partial charge in [-0.05, 0) is 58.0 Å². The highest BCUT2D eigenvalue weighted by Crippen LogP contribution is 2.37. The van der Waals surface area contributed by atoms with Gasteiger partial charge in [0.15, 0.2) is 0 Å². The van der Waals surface area contributed by atoms with E-state index in [4.69, 9.17) is 0 Å². The lowest BCUT2D eigenvalue weighted by atomic mass is 9.97. The van der Waals surface area contributed by atoms with Gasteiger partial charge in [-0.25, -0.2) is 0 Å². The summed E-state index contributed by atoms with van der Waals surface area (Å²) in [6.45, 7) is 0. The van der Waals surface area contributed by atoms with Crippen molar-refractivity contribution in [2.75, 3.05) is 0 Å². The first-order valence-electron chi connectivity index (χ1n) is 6.06. The molecule has 2 aromatic rings. The SMILES string of the molecule is OC(Cc1ccc(I)cc1)c1ccc(Br)cc1C(F)(F)F. The van der Waals surface area contributed by atoms with Gasteiger partial charge in [0.25, 0.3) is 0 Å². The Morgan fingerprint density at radius 3 is 2.29 bits per heavy atom. The van der Waals surface area contributed by atoms with Crippen molar-refractivity contribution in [2.45, 2.75) is 18.7 Å². The predicted molar refractivity (Wildman–Crippen MR) is 87.0 cm³/mol. The van der Waals surface area contributed by atoms with Crippen molar-refractivity contribution in [3.63, 3.8) is 0 Å². The number of hydrogen-bond acceptors (Lipinski definition) is 1. The van der Waals surface area contributed by atoms with Crippen molar-refractivity contribution in [2.24, 2.45) is 0 Å². The Morgan fingerprint density at radius 1 is 1.10 bits per heavy atom. The van der Waals surface area contributed by atoms with Gasteiger partial charge in [-0.15, -0.1) is 0 Å². The van der Waals surface area contributed by atoms with Crippen LogP contribution in [0.5, 0.6) is 0 Å². The molecule has 6 heteroatoms. The number of halogens is 5. The Labute approximate surface area is 142 Å². The fourth-order valence-corrected chi connectivity index (χ4v) is 2.74. The average molecular weight is 471 g/mol. The van der Waals surface area contributed by atoms with Crippen LogP contribution in [0, 0.1) is 3.57 Å². The predicted octanol–water partition coefficient (Wildman–Crippen LogP) is 5.35. The van der Waals surface area contributed by atoms with Crippen LogP contribution < -0.4 is 0 Å². The summed E-state index contributed by atoms with van der Waals surface area (Å²) < 4.78 is 40.5. The van der Waals surface area contributed by atoms with E-state index >= 15 is 0 Å². The standard InChI is InChI=1S/C15H11BrF3IO/c16-10-3-6-12(13(8-10)15(17,18)19)14(21)7-9-1-4-11(20)5-2-9/h1-6,8,14,21H,7H2. The molecular weight excluding hydrogens is 460 g/mol. The van der Waals surface area contributed by atoms with E-state index in [-0.39, 0.29) is 12.0 Å². The number of aliphatic hydroxyl groups is 1.